The van der Waals surface area contributed by atoms with Crippen molar-refractivity contribution in [2.45, 2.75) is 32.7 Å². The summed E-state index contributed by atoms with van der Waals surface area (Å²) in [7, 11) is 0. The van der Waals surface area contributed by atoms with Gasteiger partial charge in [0.25, 0.3) is 0 Å². The summed E-state index contributed by atoms with van der Waals surface area (Å²) in [6, 6.07) is 14.8. The molecule has 3 rings (SSSR count). The molecule has 2 amide bonds. The van der Waals surface area contributed by atoms with Crippen molar-refractivity contribution in [2.24, 2.45) is 17.6 Å². The van der Waals surface area contributed by atoms with Crippen molar-refractivity contribution >= 4 is 17.6 Å². The molecule has 1 saturated heterocycles. The summed E-state index contributed by atoms with van der Waals surface area (Å²) in [4.78, 5) is 31.7. The van der Waals surface area contributed by atoms with E-state index < -0.39 is 0 Å². The topological polar surface area (TPSA) is 88.3 Å². The number of aryl methyl sites for hydroxylation is 1. The summed E-state index contributed by atoms with van der Waals surface area (Å²) in [5, 5.41) is 2.88. The van der Waals surface area contributed by atoms with Crippen LogP contribution in [-0.4, -0.2) is 34.8 Å². The van der Waals surface area contributed by atoms with Gasteiger partial charge >= 0.3 is 0 Å². The number of rotatable bonds is 5. The molecule has 1 fully saturated rings. The van der Waals surface area contributed by atoms with E-state index in [4.69, 9.17) is 5.73 Å². The average molecular weight is 380 g/mol. The minimum atomic E-state index is -0.362. The predicted octanol–water partition coefficient (Wildman–Crippen LogP) is 2.90. The third-order valence-corrected chi connectivity index (χ3v) is 5.36. The van der Waals surface area contributed by atoms with Crippen molar-refractivity contribution in [1.29, 1.82) is 0 Å². The molecule has 6 nitrogen and oxygen atoms in total. The number of nitrogens with two attached hydrogens (primary N) is 1. The number of hydrogen-bond acceptors (Lipinski definition) is 4. The molecule has 3 unspecified atom stereocenters. The SMILES string of the molecule is Cc1cccc(NC(=O)C2CCCN(C(=O)C(C)C(N)c3ccccc3)C2)n1. The lowest BCUT2D eigenvalue weighted by Crippen LogP contribution is -2.47. The number of pyridine rings is 1. The Morgan fingerprint density at radius 3 is 2.64 bits per heavy atom. The van der Waals surface area contributed by atoms with Crippen LogP contribution >= 0.6 is 0 Å². The number of likely N-dealkylation sites (tertiary alicyclic amines) is 1. The van der Waals surface area contributed by atoms with Crippen molar-refractivity contribution in [3.8, 4) is 0 Å². The Balaban J connectivity index is 1.62. The predicted molar refractivity (Wildman–Crippen MR) is 109 cm³/mol. The largest absolute Gasteiger partial charge is 0.342 e. The first-order valence-electron chi connectivity index (χ1n) is 9.79. The van der Waals surface area contributed by atoms with E-state index in [9.17, 15) is 9.59 Å². The highest BCUT2D eigenvalue weighted by Crippen LogP contribution is 2.25. The van der Waals surface area contributed by atoms with E-state index in [0.29, 0.717) is 18.9 Å². The molecule has 6 heteroatoms. The zero-order valence-corrected chi connectivity index (χ0v) is 16.5. The van der Waals surface area contributed by atoms with Crippen molar-refractivity contribution < 1.29 is 9.59 Å². The van der Waals surface area contributed by atoms with Gasteiger partial charge in [-0.25, -0.2) is 4.98 Å². The molecule has 0 aliphatic carbocycles. The van der Waals surface area contributed by atoms with Gasteiger partial charge in [0.05, 0.1) is 11.8 Å². The number of nitrogens with zero attached hydrogens (tertiary/aromatic N) is 2. The van der Waals surface area contributed by atoms with Gasteiger partial charge in [-0.2, -0.15) is 0 Å². The first-order valence-corrected chi connectivity index (χ1v) is 9.79. The lowest BCUT2D eigenvalue weighted by atomic mass is 9.91. The lowest BCUT2D eigenvalue weighted by molar-refractivity contribution is -0.138. The number of carbonyl (C=O) groups excluding carboxylic acids is 2. The van der Waals surface area contributed by atoms with Crippen LogP contribution in [0.25, 0.3) is 0 Å². The zero-order chi connectivity index (χ0) is 20.1. The number of carbonyl (C=O) groups is 2. The second-order valence-corrected chi connectivity index (χ2v) is 7.50. The second-order valence-electron chi connectivity index (χ2n) is 7.50. The van der Waals surface area contributed by atoms with Crippen molar-refractivity contribution in [2.75, 3.05) is 18.4 Å². The summed E-state index contributed by atoms with van der Waals surface area (Å²) in [5.41, 5.74) is 8.12. The van der Waals surface area contributed by atoms with Gasteiger partial charge < -0.3 is 16.0 Å². The standard InChI is InChI=1S/C22H28N4O2/c1-15-8-6-12-19(24-15)25-21(27)18-11-7-13-26(14-18)22(28)16(2)20(23)17-9-4-3-5-10-17/h3-6,8-10,12,16,18,20H,7,11,13-14,23H2,1-2H3,(H,24,25,27). The maximum absolute atomic E-state index is 13.0. The van der Waals surface area contributed by atoms with Gasteiger partial charge in [0.15, 0.2) is 0 Å². The number of anilines is 1. The molecule has 1 aromatic heterocycles. The molecule has 148 valence electrons. The molecule has 1 aliphatic heterocycles. The Morgan fingerprint density at radius 2 is 1.93 bits per heavy atom. The molecule has 1 aliphatic rings. The Bertz CT molecular complexity index is 824. The van der Waals surface area contributed by atoms with Gasteiger partial charge in [0, 0.05) is 24.8 Å². The van der Waals surface area contributed by atoms with Crippen LogP contribution < -0.4 is 11.1 Å². The van der Waals surface area contributed by atoms with E-state index in [0.717, 1.165) is 24.1 Å². The molecule has 0 spiro atoms. The normalized spacial score (nSPS) is 19.0. The van der Waals surface area contributed by atoms with E-state index in [1.54, 1.807) is 11.0 Å². The van der Waals surface area contributed by atoms with Crippen LogP contribution in [0.3, 0.4) is 0 Å². The fourth-order valence-corrected chi connectivity index (χ4v) is 3.64. The fraction of sp³-hybridized carbons (Fsp3) is 0.409. The highest BCUT2D eigenvalue weighted by molar-refractivity contribution is 5.92. The van der Waals surface area contributed by atoms with E-state index in [2.05, 4.69) is 10.3 Å². The minimum Gasteiger partial charge on any atom is -0.342 e. The Labute approximate surface area is 166 Å². The minimum absolute atomic E-state index is 0.00235. The Kier molecular flexibility index (Phi) is 6.41. The first-order chi connectivity index (χ1) is 13.5. The molecule has 2 aromatic rings. The van der Waals surface area contributed by atoms with Crippen LogP contribution in [0, 0.1) is 18.8 Å². The smallest absolute Gasteiger partial charge is 0.230 e. The number of nitrogens with one attached hydrogen (secondary N) is 1. The van der Waals surface area contributed by atoms with Crippen LogP contribution in [0.2, 0.25) is 0 Å². The van der Waals surface area contributed by atoms with Crippen LogP contribution in [0.4, 0.5) is 5.82 Å². The molecule has 0 radical (unpaired) electrons. The van der Waals surface area contributed by atoms with E-state index in [1.807, 2.05) is 56.3 Å². The van der Waals surface area contributed by atoms with Crippen molar-refractivity contribution in [3.05, 3.63) is 59.8 Å². The summed E-state index contributed by atoms with van der Waals surface area (Å²) >= 11 is 0. The second kappa shape index (κ2) is 8.97. The molecule has 2 heterocycles. The average Bonchev–Trinajstić information content (AvgIpc) is 2.73. The van der Waals surface area contributed by atoms with Crippen molar-refractivity contribution in [1.82, 2.24) is 9.88 Å². The number of aromatic nitrogens is 1. The summed E-state index contributed by atoms with van der Waals surface area (Å²) in [6.45, 7) is 4.83. The fourth-order valence-electron chi connectivity index (χ4n) is 3.64. The number of amides is 2. The molecular weight excluding hydrogens is 352 g/mol. The van der Waals surface area contributed by atoms with Gasteiger partial charge in [-0.05, 0) is 37.5 Å². The molecular formula is C22H28N4O2. The number of piperidine rings is 1. The van der Waals surface area contributed by atoms with Gasteiger partial charge in [0.2, 0.25) is 11.8 Å². The molecule has 3 atom stereocenters. The highest BCUT2D eigenvalue weighted by atomic mass is 16.2. The van der Waals surface area contributed by atoms with E-state index >= 15 is 0 Å². The highest BCUT2D eigenvalue weighted by Gasteiger charge is 2.32. The maximum Gasteiger partial charge on any atom is 0.230 e. The maximum atomic E-state index is 13.0. The Morgan fingerprint density at radius 1 is 1.18 bits per heavy atom. The van der Waals surface area contributed by atoms with Crippen molar-refractivity contribution in [3.63, 3.8) is 0 Å². The van der Waals surface area contributed by atoms with Crippen LogP contribution in [0.5, 0.6) is 0 Å². The van der Waals surface area contributed by atoms with Gasteiger partial charge in [0.1, 0.15) is 5.82 Å². The molecule has 0 bridgehead atoms. The van der Waals surface area contributed by atoms with E-state index in [1.165, 1.54) is 0 Å². The molecule has 0 saturated carbocycles. The third kappa shape index (κ3) is 4.75. The molecule has 3 N–H and O–H groups in total. The van der Waals surface area contributed by atoms with Gasteiger partial charge in [-0.1, -0.05) is 43.3 Å². The molecule has 1 aromatic carbocycles. The van der Waals surface area contributed by atoms with Crippen LogP contribution in [0.15, 0.2) is 48.5 Å². The lowest BCUT2D eigenvalue weighted by Gasteiger charge is -2.35. The van der Waals surface area contributed by atoms with Gasteiger partial charge in [-0.3, -0.25) is 9.59 Å². The summed E-state index contributed by atoms with van der Waals surface area (Å²) in [5.74, 6) is -0.117. The quantitative estimate of drug-likeness (QED) is 0.835. The number of benzene rings is 1. The number of hydrogen-bond donors (Lipinski definition) is 2. The summed E-state index contributed by atoms with van der Waals surface area (Å²) in [6.07, 6.45) is 1.57. The first kappa shape index (κ1) is 20.0. The zero-order valence-electron chi connectivity index (χ0n) is 16.5. The van der Waals surface area contributed by atoms with Crippen LogP contribution in [0.1, 0.15) is 37.1 Å². The Hall–Kier alpha value is -2.73. The van der Waals surface area contributed by atoms with E-state index in [-0.39, 0.29) is 29.7 Å². The molecule has 28 heavy (non-hydrogen) atoms. The van der Waals surface area contributed by atoms with Crippen LogP contribution in [-0.2, 0) is 9.59 Å². The third-order valence-electron chi connectivity index (χ3n) is 5.36. The van der Waals surface area contributed by atoms with Gasteiger partial charge in [-0.15, -0.1) is 0 Å². The summed E-state index contributed by atoms with van der Waals surface area (Å²) < 4.78 is 0. The monoisotopic (exact) mass is 380 g/mol.